The second-order valence-corrected chi connectivity index (χ2v) is 6.65. The SMILES string of the molecule is CC(C)C(CN(C)C)N1C(=O)CNC1c1cccc(Cl)c1. The molecule has 5 heteroatoms. The Morgan fingerprint density at radius 1 is 1.43 bits per heavy atom. The van der Waals surface area contributed by atoms with E-state index in [2.05, 4.69) is 24.1 Å². The lowest BCUT2D eigenvalue weighted by molar-refractivity contribution is -0.131. The van der Waals surface area contributed by atoms with Crippen molar-refractivity contribution in [1.29, 1.82) is 0 Å². The molecule has 1 N–H and O–H groups in total. The molecule has 2 unspecified atom stereocenters. The number of nitrogens with one attached hydrogen (secondary N) is 1. The fourth-order valence-electron chi connectivity index (χ4n) is 2.84. The zero-order valence-corrected chi connectivity index (χ0v) is 13.9. The minimum atomic E-state index is -0.0939. The Bertz CT molecular complexity index is 504. The summed E-state index contributed by atoms with van der Waals surface area (Å²) in [7, 11) is 4.08. The van der Waals surface area contributed by atoms with E-state index in [9.17, 15) is 4.79 Å². The van der Waals surface area contributed by atoms with Crippen molar-refractivity contribution in [2.75, 3.05) is 27.2 Å². The highest BCUT2D eigenvalue weighted by atomic mass is 35.5. The van der Waals surface area contributed by atoms with E-state index in [0.717, 1.165) is 12.1 Å². The lowest BCUT2D eigenvalue weighted by Crippen LogP contribution is -2.47. The van der Waals surface area contributed by atoms with Crippen LogP contribution in [0.2, 0.25) is 5.02 Å². The number of amides is 1. The summed E-state index contributed by atoms with van der Waals surface area (Å²) in [4.78, 5) is 16.5. The van der Waals surface area contributed by atoms with Gasteiger partial charge in [0.1, 0.15) is 6.17 Å². The van der Waals surface area contributed by atoms with Gasteiger partial charge in [0.2, 0.25) is 5.91 Å². The molecule has 0 saturated carbocycles. The van der Waals surface area contributed by atoms with Crippen molar-refractivity contribution in [3.63, 3.8) is 0 Å². The maximum atomic E-state index is 12.4. The lowest BCUT2D eigenvalue weighted by Gasteiger charge is -2.37. The molecule has 1 heterocycles. The van der Waals surface area contributed by atoms with E-state index in [1.54, 1.807) is 0 Å². The number of nitrogens with zero attached hydrogens (tertiary/aromatic N) is 2. The molecule has 1 aromatic carbocycles. The summed E-state index contributed by atoms with van der Waals surface area (Å²) in [6.07, 6.45) is -0.0939. The van der Waals surface area contributed by atoms with Gasteiger partial charge < -0.3 is 9.80 Å². The van der Waals surface area contributed by atoms with Gasteiger partial charge >= 0.3 is 0 Å². The number of carbonyl (C=O) groups excluding carboxylic acids is 1. The number of halogens is 1. The maximum Gasteiger partial charge on any atom is 0.238 e. The molecule has 1 amide bonds. The molecule has 2 rings (SSSR count). The van der Waals surface area contributed by atoms with E-state index in [-0.39, 0.29) is 18.1 Å². The quantitative estimate of drug-likeness (QED) is 0.907. The van der Waals surface area contributed by atoms with Gasteiger partial charge in [-0.3, -0.25) is 10.1 Å². The summed E-state index contributed by atoms with van der Waals surface area (Å²) in [5, 5.41) is 4.00. The number of carbonyl (C=O) groups is 1. The fourth-order valence-corrected chi connectivity index (χ4v) is 3.04. The van der Waals surface area contributed by atoms with Crippen LogP contribution in [-0.4, -0.2) is 48.9 Å². The Morgan fingerprint density at radius 3 is 2.71 bits per heavy atom. The third-order valence-electron chi connectivity index (χ3n) is 3.86. The van der Waals surface area contributed by atoms with E-state index < -0.39 is 0 Å². The van der Waals surface area contributed by atoms with Crippen LogP contribution in [0.15, 0.2) is 24.3 Å². The van der Waals surface area contributed by atoms with Crippen LogP contribution in [0.1, 0.15) is 25.6 Å². The maximum absolute atomic E-state index is 12.4. The predicted octanol–water partition coefficient (Wildman–Crippen LogP) is 2.36. The first kappa shape index (κ1) is 16.3. The normalized spacial score (nSPS) is 20.6. The van der Waals surface area contributed by atoms with Crippen LogP contribution in [0.25, 0.3) is 0 Å². The summed E-state index contributed by atoms with van der Waals surface area (Å²) in [5.41, 5.74) is 1.04. The molecular weight excluding hydrogens is 286 g/mol. The smallest absolute Gasteiger partial charge is 0.238 e. The van der Waals surface area contributed by atoms with Gasteiger partial charge in [0.15, 0.2) is 0 Å². The van der Waals surface area contributed by atoms with Crippen LogP contribution in [0.4, 0.5) is 0 Å². The molecule has 116 valence electrons. The fraction of sp³-hybridized carbons (Fsp3) is 0.562. The average Bonchev–Trinajstić information content (AvgIpc) is 2.77. The highest BCUT2D eigenvalue weighted by molar-refractivity contribution is 6.30. The zero-order valence-electron chi connectivity index (χ0n) is 13.1. The van der Waals surface area contributed by atoms with Gasteiger partial charge in [-0.2, -0.15) is 0 Å². The molecule has 4 nitrogen and oxygen atoms in total. The average molecular weight is 310 g/mol. The Morgan fingerprint density at radius 2 is 2.14 bits per heavy atom. The molecule has 0 bridgehead atoms. The van der Waals surface area contributed by atoms with Crippen LogP contribution in [0.3, 0.4) is 0 Å². The van der Waals surface area contributed by atoms with Crippen molar-refractivity contribution in [3.8, 4) is 0 Å². The van der Waals surface area contributed by atoms with Crippen LogP contribution in [0, 0.1) is 5.92 Å². The minimum Gasteiger partial charge on any atom is -0.317 e. The molecule has 0 aromatic heterocycles. The predicted molar refractivity (Wildman–Crippen MR) is 86.2 cm³/mol. The first-order valence-corrected chi connectivity index (χ1v) is 7.72. The molecule has 2 atom stereocenters. The standard InChI is InChI=1S/C16H24ClN3O/c1-11(2)14(10-19(3)4)20-15(21)9-18-16(20)12-6-5-7-13(17)8-12/h5-8,11,14,16,18H,9-10H2,1-4H3. The zero-order chi connectivity index (χ0) is 15.6. The Labute approximate surface area is 132 Å². The third kappa shape index (κ3) is 3.76. The van der Waals surface area contributed by atoms with Crippen molar-refractivity contribution >= 4 is 17.5 Å². The number of hydrogen-bond acceptors (Lipinski definition) is 3. The monoisotopic (exact) mass is 309 g/mol. The summed E-state index contributed by atoms with van der Waals surface area (Å²) < 4.78 is 0. The van der Waals surface area contributed by atoms with E-state index in [4.69, 9.17) is 11.6 Å². The molecule has 1 fully saturated rings. The van der Waals surface area contributed by atoms with Crippen molar-refractivity contribution in [2.45, 2.75) is 26.1 Å². The van der Waals surface area contributed by atoms with Crippen LogP contribution in [-0.2, 0) is 4.79 Å². The van der Waals surface area contributed by atoms with Gasteiger partial charge in [0.05, 0.1) is 6.54 Å². The molecule has 1 saturated heterocycles. The van der Waals surface area contributed by atoms with Gasteiger partial charge in [0, 0.05) is 17.6 Å². The third-order valence-corrected chi connectivity index (χ3v) is 4.09. The first-order valence-electron chi connectivity index (χ1n) is 7.35. The van der Waals surface area contributed by atoms with Crippen LogP contribution >= 0.6 is 11.6 Å². The van der Waals surface area contributed by atoms with Crippen molar-refractivity contribution in [3.05, 3.63) is 34.9 Å². The highest BCUT2D eigenvalue weighted by Gasteiger charge is 2.38. The van der Waals surface area contributed by atoms with Crippen molar-refractivity contribution in [1.82, 2.24) is 15.1 Å². The Hall–Kier alpha value is -1.10. The van der Waals surface area contributed by atoms with Crippen LogP contribution in [0.5, 0.6) is 0 Å². The summed E-state index contributed by atoms with van der Waals surface area (Å²) >= 11 is 6.09. The minimum absolute atomic E-state index is 0.0939. The molecule has 21 heavy (non-hydrogen) atoms. The summed E-state index contributed by atoms with van der Waals surface area (Å²) in [6, 6.07) is 7.90. The van der Waals surface area contributed by atoms with Gasteiger partial charge in [-0.15, -0.1) is 0 Å². The van der Waals surface area contributed by atoms with Gasteiger partial charge in [-0.25, -0.2) is 0 Å². The van der Waals surface area contributed by atoms with E-state index >= 15 is 0 Å². The molecule has 0 radical (unpaired) electrons. The van der Waals surface area contributed by atoms with Gasteiger partial charge in [-0.1, -0.05) is 37.6 Å². The second-order valence-electron chi connectivity index (χ2n) is 6.21. The number of benzene rings is 1. The summed E-state index contributed by atoms with van der Waals surface area (Å²) in [6.45, 7) is 5.56. The lowest BCUT2D eigenvalue weighted by atomic mass is 10.0. The molecule has 1 aliphatic rings. The van der Waals surface area contributed by atoms with E-state index in [0.29, 0.717) is 17.5 Å². The second kappa shape index (κ2) is 6.77. The number of likely N-dealkylation sites (N-methyl/N-ethyl adjacent to an activating group) is 1. The molecule has 1 aliphatic heterocycles. The van der Waals surface area contributed by atoms with Gasteiger partial charge in [-0.05, 0) is 37.7 Å². The topological polar surface area (TPSA) is 35.6 Å². The Balaban J connectivity index is 2.30. The number of rotatable bonds is 5. The Kier molecular flexibility index (Phi) is 5.25. The largest absolute Gasteiger partial charge is 0.317 e. The van der Waals surface area contributed by atoms with Crippen molar-refractivity contribution < 1.29 is 4.79 Å². The van der Waals surface area contributed by atoms with Crippen molar-refractivity contribution in [2.24, 2.45) is 5.92 Å². The molecule has 0 aliphatic carbocycles. The molecule has 1 aromatic rings. The summed E-state index contributed by atoms with van der Waals surface area (Å²) in [5.74, 6) is 0.540. The molecular formula is C16H24ClN3O. The molecule has 0 spiro atoms. The number of hydrogen-bond donors (Lipinski definition) is 1. The van der Waals surface area contributed by atoms with E-state index in [1.165, 1.54) is 0 Å². The van der Waals surface area contributed by atoms with Crippen LogP contribution < -0.4 is 5.32 Å². The van der Waals surface area contributed by atoms with Gasteiger partial charge in [0.25, 0.3) is 0 Å². The highest BCUT2D eigenvalue weighted by Crippen LogP contribution is 2.29. The van der Waals surface area contributed by atoms with E-state index in [1.807, 2.05) is 43.3 Å². The first-order chi connectivity index (χ1) is 9.90.